The molecule has 40 heavy (non-hydrogen) atoms. The van der Waals surface area contributed by atoms with E-state index in [1.54, 1.807) is 20.8 Å². The van der Waals surface area contributed by atoms with E-state index in [2.05, 4.69) is 0 Å². The topological polar surface area (TPSA) is 168 Å². The van der Waals surface area contributed by atoms with Crippen LogP contribution in [0.4, 0.5) is 11.4 Å². The largest absolute Gasteiger partial charge is 0.487 e. The van der Waals surface area contributed by atoms with E-state index in [9.17, 15) is 33.8 Å². The van der Waals surface area contributed by atoms with Crippen LogP contribution in [-0.4, -0.2) is 40.8 Å². The van der Waals surface area contributed by atoms with Crippen molar-refractivity contribution >= 4 is 21.5 Å². The lowest BCUT2D eigenvalue weighted by Crippen LogP contribution is -2.25. The fourth-order valence-electron chi connectivity index (χ4n) is 5.27. The highest BCUT2D eigenvalue weighted by Crippen LogP contribution is 2.46. The van der Waals surface area contributed by atoms with Crippen LogP contribution in [0.5, 0.6) is 11.5 Å². The second-order valence-electron chi connectivity index (χ2n) is 11.5. The highest BCUT2D eigenvalue weighted by atomic mass is 32.2. The fraction of sp³-hybridized carbons (Fsp3) is 0.556. The van der Waals surface area contributed by atoms with E-state index in [1.807, 2.05) is 34.6 Å². The van der Waals surface area contributed by atoms with Crippen LogP contribution in [0.1, 0.15) is 72.2 Å². The molecule has 12 nitrogen and oxygen atoms in total. The SMILES string of the molecule is Cc1c(C)c([N+](=O)[O-])c(CO)c2c1OC(C)(C)C2.Cc1c(C)c([N+](=O)[O-])c(COS(C)(=O)=O)c2c1OC(C)(C)C2. The van der Waals surface area contributed by atoms with Crippen LogP contribution in [-0.2, 0) is 40.4 Å². The third kappa shape index (κ3) is 6.06. The lowest BCUT2D eigenvalue weighted by Gasteiger charge is -2.18. The van der Waals surface area contributed by atoms with Gasteiger partial charge in [0, 0.05) is 46.2 Å². The highest BCUT2D eigenvalue weighted by molar-refractivity contribution is 7.85. The number of aliphatic hydroxyl groups is 1. The van der Waals surface area contributed by atoms with E-state index >= 15 is 0 Å². The first-order chi connectivity index (χ1) is 18.2. The van der Waals surface area contributed by atoms with Crippen molar-refractivity contribution in [2.24, 2.45) is 0 Å². The van der Waals surface area contributed by atoms with Crippen LogP contribution >= 0.6 is 0 Å². The molecule has 0 spiro atoms. The minimum Gasteiger partial charge on any atom is -0.487 e. The van der Waals surface area contributed by atoms with Crippen LogP contribution < -0.4 is 9.47 Å². The van der Waals surface area contributed by atoms with Crippen molar-refractivity contribution in [3.8, 4) is 11.5 Å². The van der Waals surface area contributed by atoms with Gasteiger partial charge >= 0.3 is 0 Å². The predicted molar refractivity (Wildman–Crippen MR) is 148 cm³/mol. The van der Waals surface area contributed by atoms with Crippen molar-refractivity contribution in [1.82, 2.24) is 0 Å². The van der Waals surface area contributed by atoms with Crippen LogP contribution in [0.25, 0.3) is 0 Å². The summed E-state index contributed by atoms with van der Waals surface area (Å²) in [7, 11) is -3.70. The Kier molecular flexibility index (Phi) is 8.28. The van der Waals surface area contributed by atoms with Gasteiger partial charge in [0.25, 0.3) is 21.5 Å². The number of nitro benzene ring substituents is 2. The average Bonchev–Trinajstić information content (AvgIpc) is 3.31. The number of benzene rings is 2. The van der Waals surface area contributed by atoms with E-state index in [-0.39, 0.29) is 35.8 Å². The zero-order valence-corrected chi connectivity index (χ0v) is 25.1. The number of hydrogen-bond acceptors (Lipinski definition) is 10. The molecule has 0 saturated heterocycles. The quantitative estimate of drug-likeness (QED) is 0.284. The van der Waals surface area contributed by atoms with E-state index in [1.165, 1.54) is 0 Å². The van der Waals surface area contributed by atoms with Crippen molar-refractivity contribution in [2.45, 2.75) is 92.6 Å². The lowest BCUT2D eigenvalue weighted by molar-refractivity contribution is -0.386. The first kappa shape index (κ1) is 31.2. The van der Waals surface area contributed by atoms with Gasteiger partial charge in [0.1, 0.15) is 22.7 Å². The second kappa shape index (κ2) is 10.6. The molecule has 0 aromatic heterocycles. The molecule has 2 aromatic rings. The second-order valence-corrected chi connectivity index (χ2v) is 13.1. The summed E-state index contributed by atoms with van der Waals surface area (Å²) in [5, 5.41) is 32.1. The van der Waals surface area contributed by atoms with Gasteiger partial charge in [-0.25, -0.2) is 0 Å². The number of rotatable bonds is 6. The number of hydrogen-bond donors (Lipinski definition) is 1. The third-order valence-electron chi connectivity index (χ3n) is 7.27. The number of fused-ring (bicyclic) bond motifs is 2. The van der Waals surface area contributed by atoms with Crippen LogP contribution in [0.2, 0.25) is 0 Å². The van der Waals surface area contributed by atoms with E-state index < -0.39 is 25.6 Å². The molecule has 0 aliphatic carbocycles. The summed E-state index contributed by atoms with van der Waals surface area (Å²) in [6.45, 7) is 13.9. The summed E-state index contributed by atoms with van der Waals surface area (Å²) in [6.07, 6.45) is 1.97. The molecule has 1 N–H and O–H groups in total. The summed E-state index contributed by atoms with van der Waals surface area (Å²) in [5.41, 5.74) is 3.69. The monoisotopic (exact) mass is 580 g/mol. The molecule has 2 aromatic carbocycles. The van der Waals surface area contributed by atoms with Gasteiger partial charge in [0.15, 0.2) is 0 Å². The molecule has 0 unspecified atom stereocenters. The van der Waals surface area contributed by atoms with Gasteiger partial charge in [-0.1, -0.05) is 0 Å². The molecule has 4 rings (SSSR count). The first-order valence-corrected chi connectivity index (χ1v) is 14.4. The van der Waals surface area contributed by atoms with Gasteiger partial charge in [-0.15, -0.1) is 0 Å². The number of nitrogens with zero attached hydrogens (tertiary/aromatic N) is 2. The number of ether oxygens (including phenoxy) is 2. The molecule has 0 atom stereocenters. The Labute approximate surface area is 233 Å². The average molecular weight is 581 g/mol. The molecule has 0 bridgehead atoms. The normalized spacial score (nSPS) is 16.2. The molecule has 0 saturated carbocycles. The molecular weight excluding hydrogens is 544 g/mol. The van der Waals surface area contributed by atoms with Crippen molar-refractivity contribution < 1.29 is 37.0 Å². The van der Waals surface area contributed by atoms with E-state index in [4.69, 9.17) is 13.7 Å². The molecule has 0 fully saturated rings. The Balaban J connectivity index is 0.000000225. The summed E-state index contributed by atoms with van der Waals surface area (Å²) in [5.74, 6) is 1.30. The fourth-order valence-corrected chi connectivity index (χ4v) is 5.61. The Morgan fingerprint density at radius 3 is 1.52 bits per heavy atom. The van der Waals surface area contributed by atoms with Gasteiger partial charge in [-0.3, -0.25) is 24.4 Å². The molecular formula is C27H36N2O10S. The Morgan fingerprint density at radius 1 is 0.800 bits per heavy atom. The maximum atomic E-state index is 11.4. The van der Waals surface area contributed by atoms with E-state index in [0.29, 0.717) is 52.2 Å². The summed E-state index contributed by atoms with van der Waals surface area (Å²) in [6, 6.07) is 0. The highest BCUT2D eigenvalue weighted by Gasteiger charge is 2.39. The summed E-state index contributed by atoms with van der Waals surface area (Å²) >= 11 is 0. The smallest absolute Gasteiger partial charge is 0.278 e. The minimum atomic E-state index is -3.70. The Hall–Kier alpha value is -3.29. The molecule has 2 heterocycles. The summed E-state index contributed by atoms with van der Waals surface area (Å²) < 4.78 is 39.0. The third-order valence-corrected chi connectivity index (χ3v) is 7.81. The molecule has 2 aliphatic heterocycles. The van der Waals surface area contributed by atoms with Crippen molar-refractivity contribution in [1.29, 1.82) is 0 Å². The zero-order valence-electron chi connectivity index (χ0n) is 24.3. The van der Waals surface area contributed by atoms with Crippen molar-refractivity contribution in [3.63, 3.8) is 0 Å². The lowest BCUT2D eigenvalue weighted by atomic mass is 9.92. The molecule has 0 radical (unpaired) electrons. The van der Waals surface area contributed by atoms with Crippen molar-refractivity contribution in [3.05, 3.63) is 64.7 Å². The van der Waals surface area contributed by atoms with Crippen molar-refractivity contribution in [2.75, 3.05) is 6.26 Å². The molecule has 0 amide bonds. The van der Waals surface area contributed by atoms with Crippen LogP contribution in [0.15, 0.2) is 0 Å². The summed E-state index contributed by atoms with van der Waals surface area (Å²) in [4.78, 5) is 21.7. The Morgan fingerprint density at radius 2 is 1.18 bits per heavy atom. The van der Waals surface area contributed by atoms with Gasteiger partial charge < -0.3 is 14.6 Å². The van der Waals surface area contributed by atoms with Gasteiger partial charge in [0.2, 0.25) is 0 Å². The first-order valence-electron chi connectivity index (χ1n) is 12.6. The molecule has 220 valence electrons. The Bertz CT molecular complexity index is 1510. The predicted octanol–water partition coefficient (Wildman–Crippen LogP) is 4.82. The zero-order chi connectivity index (χ0) is 30.5. The molecule has 2 aliphatic rings. The molecule has 13 heteroatoms. The van der Waals surface area contributed by atoms with Crippen LogP contribution in [0.3, 0.4) is 0 Å². The minimum absolute atomic E-state index is 0.0232. The van der Waals surface area contributed by atoms with E-state index in [0.717, 1.165) is 17.4 Å². The van der Waals surface area contributed by atoms with Gasteiger partial charge in [0.05, 0.1) is 40.4 Å². The van der Waals surface area contributed by atoms with Gasteiger partial charge in [-0.05, 0) is 55.4 Å². The number of nitro groups is 2. The van der Waals surface area contributed by atoms with Crippen LogP contribution in [0, 0.1) is 47.9 Å². The maximum Gasteiger partial charge on any atom is 0.278 e. The van der Waals surface area contributed by atoms with Gasteiger partial charge in [-0.2, -0.15) is 8.42 Å². The number of aliphatic hydroxyl groups excluding tert-OH is 1. The standard InChI is InChI=1S/C14H19NO6S.C13H17NO4/c1-8-9(2)13-10(6-14(3,4)21-13)11(12(8)15(16)17)7-20-22(5,18)19;1-7-8(2)12-9(5-13(3,4)18-12)10(6-15)11(7)14(16)17/h6-7H2,1-5H3;15H,5-6H2,1-4H3. The maximum absolute atomic E-state index is 11.4.